The summed E-state index contributed by atoms with van der Waals surface area (Å²) in [7, 11) is 0.981. The molecule has 2 unspecified atom stereocenters. The fourth-order valence-corrected chi connectivity index (χ4v) is 3.73. The lowest BCUT2D eigenvalue weighted by molar-refractivity contribution is -0.275. The normalized spacial score (nSPS) is 19.8. The number of rotatable bonds is 7. The Kier molecular flexibility index (Phi) is 7.34. The Hall–Kier alpha value is -4.30. The highest BCUT2D eigenvalue weighted by molar-refractivity contribution is 5.95. The molecule has 3 rings (SSSR count). The first-order valence-corrected chi connectivity index (χ1v) is 10.2. The highest BCUT2D eigenvalue weighted by atomic mass is 19.4. The van der Waals surface area contributed by atoms with Gasteiger partial charge in [-0.25, -0.2) is 8.78 Å². The topological polar surface area (TPSA) is 114 Å². The number of alkyl halides is 7. The molecule has 2 aromatic rings. The van der Waals surface area contributed by atoms with Crippen molar-refractivity contribution in [2.75, 3.05) is 7.11 Å². The van der Waals surface area contributed by atoms with Gasteiger partial charge in [-0.2, -0.15) is 13.2 Å². The van der Waals surface area contributed by atoms with Crippen molar-refractivity contribution in [2.45, 2.75) is 24.1 Å². The molecule has 0 fully saturated rings. The zero-order valence-corrected chi connectivity index (χ0v) is 18.9. The molecule has 0 radical (unpaired) electrons. The average Bonchev–Trinajstić information content (AvgIpc) is 2.78. The van der Waals surface area contributed by atoms with Crippen LogP contribution in [-0.4, -0.2) is 37.6 Å². The van der Waals surface area contributed by atoms with Gasteiger partial charge in [0.05, 0.1) is 18.2 Å². The van der Waals surface area contributed by atoms with E-state index >= 15 is 4.39 Å². The SMILES string of the molecule is COc1cc(OC2=C(C(N)=O)C(F)C(c3ccc(F)c(C(N)=O)c3)(C(F)(F)F)C=C2)ccc1OC(F)(F)F. The summed E-state index contributed by atoms with van der Waals surface area (Å²) < 4.78 is 124. The summed E-state index contributed by atoms with van der Waals surface area (Å²) in [4.78, 5) is 23.6. The van der Waals surface area contributed by atoms with E-state index in [2.05, 4.69) is 4.74 Å². The van der Waals surface area contributed by atoms with Crippen LogP contribution in [0.3, 0.4) is 0 Å². The van der Waals surface area contributed by atoms with Crippen molar-refractivity contribution in [3.8, 4) is 17.2 Å². The molecule has 0 aliphatic heterocycles. The van der Waals surface area contributed by atoms with Gasteiger partial charge in [-0.15, -0.1) is 13.2 Å². The molecule has 15 heteroatoms. The molecule has 1 aliphatic rings. The van der Waals surface area contributed by atoms with Crippen molar-refractivity contribution in [3.05, 3.63) is 76.8 Å². The predicted molar refractivity (Wildman–Crippen MR) is 113 cm³/mol. The molecule has 2 amide bonds. The maximum atomic E-state index is 15.8. The van der Waals surface area contributed by atoms with E-state index in [4.69, 9.17) is 20.9 Å². The molecule has 7 nitrogen and oxygen atoms in total. The minimum atomic E-state index is -5.47. The van der Waals surface area contributed by atoms with Crippen LogP contribution in [-0.2, 0) is 10.2 Å². The van der Waals surface area contributed by atoms with Crippen LogP contribution in [0.2, 0.25) is 0 Å². The van der Waals surface area contributed by atoms with Gasteiger partial charge in [-0.05, 0) is 35.9 Å². The number of primary amides is 2. The Morgan fingerprint density at radius 2 is 1.61 bits per heavy atom. The molecule has 2 atom stereocenters. The molecule has 0 heterocycles. The first kappa shape index (κ1) is 28.3. The third kappa shape index (κ3) is 5.21. The van der Waals surface area contributed by atoms with E-state index in [9.17, 15) is 40.3 Å². The second kappa shape index (κ2) is 9.87. The minimum absolute atomic E-state index is 0.274. The standard InChI is InChI=1S/C23H16F8N2O5/c1-36-16-9-11(3-5-14(16)38-23(29,30)31)37-15-6-7-21(22(26,27)28,18(25)17(15)20(33)35)10-2-4-13(24)12(8-10)19(32)34/h2-9,18H,1H3,(H2,32,34)(H2,33,35). The smallest absolute Gasteiger partial charge is 0.493 e. The van der Waals surface area contributed by atoms with Crippen molar-refractivity contribution in [1.29, 1.82) is 0 Å². The van der Waals surface area contributed by atoms with Gasteiger partial charge in [-0.3, -0.25) is 9.59 Å². The van der Waals surface area contributed by atoms with Crippen LogP contribution in [0.15, 0.2) is 59.9 Å². The maximum Gasteiger partial charge on any atom is 0.573 e. The first-order chi connectivity index (χ1) is 17.5. The minimum Gasteiger partial charge on any atom is -0.493 e. The number of methoxy groups -OCH3 is 1. The number of benzene rings is 2. The van der Waals surface area contributed by atoms with Crippen LogP contribution in [0.5, 0.6) is 17.2 Å². The van der Waals surface area contributed by atoms with Gasteiger partial charge in [0.1, 0.15) is 22.7 Å². The van der Waals surface area contributed by atoms with Crippen molar-refractivity contribution >= 4 is 11.8 Å². The molecule has 1 aliphatic carbocycles. The van der Waals surface area contributed by atoms with Gasteiger partial charge in [0.15, 0.2) is 17.7 Å². The number of carbonyl (C=O) groups excluding carboxylic acids is 2. The van der Waals surface area contributed by atoms with E-state index < -0.39 is 75.7 Å². The molecule has 204 valence electrons. The molecule has 0 bridgehead atoms. The Labute approximate surface area is 208 Å². The molecule has 0 spiro atoms. The largest absolute Gasteiger partial charge is 0.573 e. The van der Waals surface area contributed by atoms with Crippen LogP contribution in [0.25, 0.3) is 0 Å². The van der Waals surface area contributed by atoms with Gasteiger partial charge in [0.2, 0.25) is 0 Å². The molecule has 0 saturated heterocycles. The summed E-state index contributed by atoms with van der Waals surface area (Å²) in [6, 6.07) is 3.88. The Morgan fingerprint density at radius 1 is 0.947 bits per heavy atom. The Morgan fingerprint density at radius 3 is 2.13 bits per heavy atom. The second-order valence-corrected chi connectivity index (χ2v) is 7.73. The fourth-order valence-electron chi connectivity index (χ4n) is 3.73. The summed E-state index contributed by atoms with van der Waals surface area (Å²) in [5.41, 5.74) is 3.29. The molecule has 4 N–H and O–H groups in total. The number of hydrogen-bond acceptors (Lipinski definition) is 5. The first-order valence-electron chi connectivity index (χ1n) is 10.2. The monoisotopic (exact) mass is 552 g/mol. The van der Waals surface area contributed by atoms with E-state index in [1.807, 2.05) is 0 Å². The van der Waals surface area contributed by atoms with Gasteiger partial charge in [0, 0.05) is 6.07 Å². The van der Waals surface area contributed by atoms with E-state index in [-0.39, 0.29) is 11.8 Å². The van der Waals surface area contributed by atoms with E-state index in [0.29, 0.717) is 24.3 Å². The fraction of sp³-hybridized carbons (Fsp3) is 0.217. The van der Waals surface area contributed by atoms with Crippen LogP contribution < -0.4 is 25.7 Å². The molecular weight excluding hydrogens is 536 g/mol. The molecule has 0 aromatic heterocycles. The zero-order chi connectivity index (χ0) is 28.6. The number of allylic oxidation sites excluding steroid dienone is 2. The van der Waals surface area contributed by atoms with Crippen LogP contribution >= 0.6 is 0 Å². The maximum absolute atomic E-state index is 15.8. The lowest BCUT2D eigenvalue weighted by Gasteiger charge is -2.39. The molecule has 0 saturated carbocycles. The van der Waals surface area contributed by atoms with Gasteiger partial charge in [0.25, 0.3) is 11.8 Å². The number of nitrogens with two attached hydrogens (primary N) is 2. The molecule has 38 heavy (non-hydrogen) atoms. The third-order valence-corrected chi connectivity index (χ3v) is 5.45. The summed E-state index contributed by atoms with van der Waals surface area (Å²) in [5.74, 6) is -6.89. The Bertz CT molecular complexity index is 1340. The van der Waals surface area contributed by atoms with E-state index in [1.165, 1.54) is 0 Å². The summed E-state index contributed by atoms with van der Waals surface area (Å²) in [5, 5.41) is 0. The second-order valence-electron chi connectivity index (χ2n) is 7.73. The van der Waals surface area contributed by atoms with E-state index in [0.717, 1.165) is 25.3 Å². The Balaban J connectivity index is 2.12. The van der Waals surface area contributed by atoms with Gasteiger partial charge < -0.3 is 25.7 Å². The lowest BCUT2D eigenvalue weighted by Crippen LogP contribution is -2.52. The highest BCUT2D eigenvalue weighted by Gasteiger charge is 2.63. The number of amides is 2. The van der Waals surface area contributed by atoms with Crippen molar-refractivity contribution < 1.29 is 58.9 Å². The summed E-state index contributed by atoms with van der Waals surface area (Å²) in [6.07, 6.45) is -13.0. The zero-order valence-electron chi connectivity index (χ0n) is 18.9. The van der Waals surface area contributed by atoms with Crippen molar-refractivity contribution in [1.82, 2.24) is 0 Å². The van der Waals surface area contributed by atoms with Crippen LogP contribution in [0, 0.1) is 5.82 Å². The molecule has 2 aromatic carbocycles. The number of hydrogen-bond donors (Lipinski definition) is 2. The van der Waals surface area contributed by atoms with Crippen LogP contribution in [0.4, 0.5) is 35.1 Å². The van der Waals surface area contributed by atoms with Crippen LogP contribution in [0.1, 0.15) is 15.9 Å². The number of carbonyl (C=O) groups is 2. The highest BCUT2D eigenvalue weighted by Crippen LogP contribution is 2.51. The van der Waals surface area contributed by atoms with Crippen molar-refractivity contribution in [3.63, 3.8) is 0 Å². The average molecular weight is 552 g/mol. The van der Waals surface area contributed by atoms with Gasteiger partial charge in [-0.1, -0.05) is 12.1 Å². The summed E-state index contributed by atoms with van der Waals surface area (Å²) in [6.45, 7) is 0. The third-order valence-electron chi connectivity index (χ3n) is 5.45. The molecular formula is C23H16F8N2O5. The predicted octanol–water partition coefficient (Wildman–Crippen LogP) is 4.36. The quantitative estimate of drug-likeness (QED) is 0.496. The van der Waals surface area contributed by atoms with Crippen molar-refractivity contribution in [2.24, 2.45) is 11.5 Å². The lowest BCUT2D eigenvalue weighted by atomic mass is 9.70. The number of halogens is 8. The van der Waals surface area contributed by atoms with Gasteiger partial charge >= 0.3 is 12.5 Å². The van der Waals surface area contributed by atoms with E-state index in [1.54, 1.807) is 0 Å². The number of ether oxygens (including phenoxy) is 3. The summed E-state index contributed by atoms with van der Waals surface area (Å²) >= 11 is 0.